The van der Waals surface area contributed by atoms with E-state index in [1.807, 2.05) is 13.1 Å². The molecular weight excluding hydrogens is 238 g/mol. The van der Waals surface area contributed by atoms with Crippen LogP contribution in [0, 0.1) is 5.41 Å². The van der Waals surface area contributed by atoms with Gasteiger partial charge in [0.1, 0.15) is 5.52 Å². The van der Waals surface area contributed by atoms with Crippen molar-refractivity contribution < 1.29 is 4.42 Å². The van der Waals surface area contributed by atoms with Gasteiger partial charge in [-0.2, -0.15) is 0 Å². The van der Waals surface area contributed by atoms with Crippen LogP contribution in [0.3, 0.4) is 0 Å². The Balaban J connectivity index is 1.77. The van der Waals surface area contributed by atoms with E-state index in [1.165, 1.54) is 31.3 Å². The van der Waals surface area contributed by atoms with Crippen LogP contribution in [0.4, 0.5) is 5.69 Å². The smallest absolute Gasteiger partial charge is 0.181 e. The molecule has 1 aromatic carbocycles. The number of rotatable bonds is 5. The SMILES string of the molecule is CNCC1(CN(C)c2ccc3ncoc3c2)CCC1. The first kappa shape index (κ1) is 12.5. The summed E-state index contributed by atoms with van der Waals surface area (Å²) in [6.45, 7) is 2.19. The molecule has 1 N–H and O–H groups in total. The fourth-order valence-electron chi connectivity index (χ4n) is 3.12. The molecule has 0 bridgehead atoms. The molecule has 4 heteroatoms. The van der Waals surface area contributed by atoms with E-state index in [-0.39, 0.29) is 0 Å². The van der Waals surface area contributed by atoms with Gasteiger partial charge in [-0.15, -0.1) is 0 Å². The topological polar surface area (TPSA) is 41.3 Å². The summed E-state index contributed by atoms with van der Waals surface area (Å²) >= 11 is 0. The monoisotopic (exact) mass is 259 g/mol. The molecule has 0 saturated heterocycles. The first-order valence-electron chi connectivity index (χ1n) is 6.91. The second-order valence-corrected chi connectivity index (χ2v) is 5.74. The van der Waals surface area contributed by atoms with Gasteiger partial charge in [0.25, 0.3) is 0 Å². The molecule has 0 radical (unpaired) electrons. The first-order valence-corrected chi connectivity index (χ1v) is 6.91. The van der Waals surface area contributed by atoms with Gasteiger partial charge >= 0.3 is 0 Å². The van der Waals surface area contributed by atoms with Crippen LogP contribution in [0.5, 0.6) is 0 Å². The number of oxazole rings is 1. The van der Waals surface area contributed by atoms with Crippen molar-refractivity contribution in [2.75, 3.05) is 32.1 Å². The number of anilines is 1. The third-order valence-electron chi connectivity index (χ3n) is 4.29. The molecule has 0 spiro atoms. The van der Waals surface area contributed by atoms with Gasteiger partial charge < -0.3 is 14.6 Å². The molecule has 19 heavy (non-hydrogen) atoms. The average molecular weight is 259 g/mol. The maximum atomic E-state index is 5.38. The minimum atomic E-state index is 0.444. The van der Waals surface area contributed by atoms with E-state index in [0.29, 0.717) is 5.41 Å². The summed E-state index contributed by atoms with van der Waals surface area (Å²) in [5, 5.41) is 3.34. The highest BCUT2D eigenvalue weighted by molar-refractivity contribution is 5.77. The lowest BCUT2D eigenvalue weighted by atomic mass is 9.68. The van der Waals surface area contributed by atoms with E-state index < -0.39 is 0 Å². The Morgan fingerprint density at radius 1 is 1.42 bits per heavy atom. The summed E-state index contributed by atoms with van der Waals surface area (Å²) in [7, 11) is 4.20. The standard InChI is InChI=1S/C15H21N3O/c1-16-9-15(6-3-7-15)10-18(2)12-4-5-13-14(8-12)19-11-17-13/h4-5,8,11,16H,3,6-7,9-10H2,1-2H3. The zero-order valence-electron chi connectivity index (χ0n) is 11.6. The van der Waals surface area contributed by atoms with Gasteiger partial charge in [-0.1, -0.05) is 6.42 Å². The van der Waals surface area contributed by atoms with Crippen molar-refractivity contribution in [2.24, 2.45) is 5.41 Å². The first-order chi connectivity index (χ1) is 9.22. The van der Waals surface area contributed by atoms with Crippen molar-refractivity contribution in [1.29, 1.82) is 0 Å². The maximum Gasteiger partial charge on any atom is 0.181 e. The number of hydrogen-bond acceptors (Lipinski definition) is 4. The molecule has 1 heterocycles. The van der Waals surface area contributed by atoms with E-state index in [0.717, 1.165) is 24.2 Å². The van der Waals surface area contributed by atoms with Gasteiger partial charge in [0.2, 0.25) is 0 Å². The summed E-state index contributed by atoms with van der Waals surface area (Å²) in [4.78, 5) is 6.49. The summed E-state index contributed by atoms with van der Waals surface area (Å²) in [5.74, 6) is 0. The Hall–Kier alpha value is -1.55. The molecule has 4 nitrogen and oxygen atoms in total. The van der Waals surface area contributed by atoms with E-state index in [2.05, 4.69) is 34.4 Å². The van der Waals surface area contributed by atoms with Gasteiger partial charge in [-0.25, -0.2) is 4.98 Å². The Bertz CT molecular complexity index is 559. The van der Waals surface area contributed by atoms with E-state index >= 15 is 0 Å². The molecular formula is C15H21N3O. The van der Waals surface area contributed by atoms with Gasteiger partial charge in [-0.05, 0) is 32.0 Å². The highest BCUT2D eigenvalue weighted by atomic mass is 16.3. The molecule has 3 rings (SSSR count). The molecule has 0 atom stereocenters. The number of aromatic nitrogens is 1. The number of nitrogens with zero attached hydrogens (tertiary/aromatic N) is 2. The molecule has 0 aliphatic heterocycles. The largest absolute Gasteiger partial charge is 0.443 e. The van der Waals surface area contributed by atoms with Crippen molar-refractivity contribution in [1.82, 2.24) is 10.3 Å². The quantitative estimate of drug-likeness (QED) is 0.896. The van der Waals surface area contributed by atoms with Crippen LogP contribution in [0.15, 0.2) is 29.0 Å². The number of benzene rings is 1. The lowest BCUT2D eigenvalue weighted by Crippen LogP contribution is -2.47. The molecule has 2 aromatic rings. The molecule has 0 unspecified atom stereocenters. The van der Waals surface area contributed by atoms with Crippen LogP contribution in [-0.2, 0) is 0 Å². The second kappa shape index (κ2) is 4.85. The fourth-order valence-corrected chi connectivity index (χ4v) is 3.12. The summed E-state index contributed by atoms with van der Waals surface area (Å²) in [6, 6.07) is 6.22. The summed E-state index contributed by atoms with van der Waals surface area (Å²) < 4.78 is 5.38. The Labute approximate surface area is 113 Å². The maximum absolute atomic E-state index is 5.38. The Morgan fingerprint density at radius 3 is 2.95 bits per heavy atom. The van der Waals surface area contributed by atoms with Crippen molar-refractivity contribution in [3.05, 3.63) is 24.6 Å². The lowest BCUT2D eigenvalue weighted by Gasteiger charge is -2.44. The number of hydrogen-bond donors (Lipinski definition) is 1. The van der Waals surface area contributed by atoms with Crippen LogP contribution >= 0.6 is 0 Å². The molecule has 1 aliphatic rings. The lowest BCUT2D eigenvalue weighted by molar-refractivity contribution is 0.143. The summed E-state index contributed by atoms with van der Waals surface area (Å²) in [5.41, 5.74) is 3.43. The predicted molar refractivity (Wildman–Crippen MR) is 77.5 cm³/mol. The molecule has 1 aliphatic carbocycles. The normalized spacial score (nSPS) is 17.4. The highest BCUT2D eigenvalue weighted by Gasteiger charge is 2.37. The third-order valence-corrected chi connectivity index (χ3v) is 4.29. The molecule has 0 amide bonds. The van der Waals surface area contributed by atoms with Crippen LogP contribution < -0.4 is 10.2 Å². The van der Waals surface area contributed by atoms with Gasteiger partial charge in [0, 0.05) is 37.3 Å². The van der Waals surface area contributed by atoms with Gasteiger partial charge in [0.15, 0.2) is 12.0 Å². The van der Waals surface area contributed by atoms with Crippen LogP contribution in [0.1, 0.15) is 19.3 Å². The third kappa shape index (κ3) is 2.32. The Morgan fingerprint density at radius 2 is 2.26 bits per heavy atom. The minimum Gasteiger partial charge on any atom is -0.443 e. The minimum absolute atomic E-state index is 0.444. The summed E-state index contributed by atoms with van der Waals surface area (Å²) in [6.07, 6.45) is 5.50. The molecule has 1 saturated carbocycles. The molecule has 1 aromatic heterocycles. The molecule has 1 fully saturated rings. The van der Waals surface area contributed by atoms with Crippen LogP contribution in [0.2, 0.25) is 0 Å². The second-order valence-electron chi connectivity index (χ2n) is 5.74. The zero-order chi connectivity index (χ0) is 13.3. The van der Waals surface area contributed by atoms with Crippen molar-refractivity contribution >= 4 is 16.8 Å². The van der Waals surface area contributed by atoms with Crippen LogP contribution in [-0.4, -0.2) is 32.2 Å². The van der Waals surface area contributed by atoms with Gasteiger partial charge in [-0.3, -0.25) is 0 Å². The number of fused-ring (bicyclic) bond motifs is 1. The van der Waals surface area contributed by atoms with Crippen molar-refractivity contribution in [3.63, 3.8) is 0 Å². The van der Waals surface area contributed by atoms with Crippen molar-refractivity contribution in [3.8, 4) is 0 Å². The van der Waals surface area contributed by atoms with E-state index in [1.54, 1.807) is 0 Å². The predicted octanol–water partition coefficient (Wildman–Crippen LogP) is 2.65. The van der Waals surface area contributed by atoms with E-state index in [4.69, 9.17) is 4.42 Å². The van der Waals surface area contributed by atoms with E-state index in [9.17, 15) is 0 Å². The highest BCUT2D eigenvalue weighted by Crippen LogP contribution is 2.41. The van der Waals surface area contributed by atoms with Crippen molar-refractivity contribution in [2.45, 2.75) is 19.3 Å². The number of nitrogens with one attached hydrogen (secondary N) is 1. The van der Waals surface area contributed by atoms with Gasteiger partial charge in [0.05, 0.1) is 0 Å². The zero-order valence-corrected chi connectivity index (χ0v) is 11.6. The fraction of sp³-hybridized carbons (Fsp3) is 0.533. The molecule has 102 valence electrons. The Kier molecular flexibility index (Phi) is 3.19. The average Bonchev–Trinajstić information content (AvgIpc) is 2.83. The van der Waals surface area contributed by atoms with Crippen LogP contribution in [0.25, 0.3) is 11.1 Å².